The zero-order chi connectivity index (χ0) is 16.9. The first kappa shape index (κ1) is 16.7. The number of hydrogen-bond acceptors (Lipinski definition) is 3. The summed E-state index contributed by atoms with van der Waals surface area (Å²) in [6, 6.07) is 10.3. The molecule has 0 bridgehead atoms. The molecule has 1 fully saturated rings. The van der Waals surface area contributed by atoms with Gasteiger partial charge >= 0.3 is 0 Å². The van der Waals surface area contributed by atoms with Gasteiger partial charge in [-0.15, -0.1) is 0 Å². The molecule has 1 aromatic carbocycles. The van der Waals surface area contributed by atoms with Crippen LogP contribution in [0.5, 0.6) is 0 Å². The van der Waals surface area contributed by atoms with Gasteiger partial charge in [-0.05, 0) is 49.0 Å². The van der Waals surface area contributed by atoms with Crippen molar-refractivity contribution in [1.29, 1.82) is 5.26 Å². The van der Waals surface area contributed by atoms with Crippen LogP contribution in [0.25, 0.3) is 0 Å². The minimum atomic E-state index is 0.194. The monoisotopic (exact) mass is 323 g/mol. The number of rotatable bonds is 3. The van der Waals surface area contributed by atoms with Gasteiger partial charge in [0.2, 0.25) is 5.91 Å². The lowest BCUT2D eigenvalue weighted by Gasteiger charge is -2.40. The second kappa shape index (κ2) is 7.63. The highest BCUT2D eigenvalue weighted by Crippen LogP contribution is 2.26. The lowest BCUT2D eigenvalue weighted by Crippen LogP contribution is -2.46. The van der Waals surface area contributed by atoms with Crippen molar-refractivity contribution in [2.75, 3.05) is 19.6 Å². The highest BCUT2D eigenvalue weighted by Gasteiger charge is 2.29. The van der Waals surface area contributed by atoms with E-state index in [4.69, 9.17) is 5.26 Å². The van der Waals surface area contributed by atoms with Crippen LogP contribution in [0.4, 0.5) is 0 Å². The Balaban J connectivity index is 1.68. The number of nitrogens with zero attached hydrogens (tertiary/aromatic N) is 3. The highest BCUT2D eigenvalue weighted by atomic mass is 16.2. The zero-order valence-corrected chi connectivity index (χ0v) is 14.4. The maximum Gasteiger partial charge on any atom is 0.219 e. The van der Waals surface area contributed by atoms with E-state index in [0.717, 1.165) is 51.0 Å². The maximum atomic E-state index is 11.9. The molecule has 0 aliphatic carbocycles. The van der Waals surface area contributed by atoms with Crippen LogP contribution in [0.1, 0.15) is 43.7 Å². The third-order valence-corrected chi connectivity index (χ3v) is 5.06. The molecule has 126 valence electrons. The second-order valence-electron chi connectivity index (χ2n) is 6.81. The van der Waals surface area contributed by atoms with Crippen molar-refractivity contribution in [2.45, 2.75) is 45.2 Å². The van der Waals surface area contributed by atoms with Crippen LogP contribution in [0.2, 0.25) is 0 Å². The Morgan fingerprint density at radius 3 is 3.00 bits per heavy atom. The Bertz CT molecular complexity index is 674. The van der Waals surface area contributed by atoms with Crippen molar-refractivity contribution >= 4 is 5.91 Å². The highest BCUT2D eigenvalue weighted by molar-refractivity contribution is 5.74. The fourth-order valence-corrected chi connectivity index (χ4v) is 3.90. The molecule has 4 nitrogen and oxygen atoms in total. The number of nitriles is 1. The van der Waals surface area contributed by atoms with Crippen LogP contribution in [0.15, 0.2) is 35.9 Å². The summed E-state index contributed by atoms with van der Waals surface area (Å²) in [7, 11) is 0. The van der Waals surface area contributed by atoms with Gasteiger partial charge in [0.05, 0.1) is 17.7 Å². The molecular formula is C20H25N3O. The number of carbonyl (C=O) groups is 1. The van der Waals surface area contributed by atoms with E-state index < -0.39 is 0 Å². The smallest absolute Gasteiger partial charge is 0.219 e. The van der Waals surface area contributed by atoms with Crippen LogP contribution in [-0.2, 0) is 11.3 Å². The summed E-state index contributed by atoms with van der Waals surface area (Å²) < 4.78 is 0. The van der Waals surface area contributed by atoms with E-state index in [-0.39, 0.29) is 11.9 Å². The molecule has 0 saturated carbocycles. The lowest BCUT2D eigenvalue weighted by atomic mass is 9.92. The van der Waals surface area contributed by atoms with E-state index in [1.54, 1.807) is 6.92 Å². The number of hydrogen-bond donors (Lipinski definition) is 0. The van der Waals surface area contributed by atoms with E-state index in [9.17, 15) is 4.79 Å². The molecule has 0 aromatic heterocycles. The minimum absolute atomic E-state index is 0.194. The summed E-state index contributed by atoms with van der Waals surface area (Å²) >= 11 is 0. The van der Waals surface area contributed by atoms with Crippen LogP contribution >= 0.6 is 0 Å². The molecule has 1 amide bonds. The quantitative estimate of drug-likeness (QED) is 0.803. The normalized spacial score (nSPS) is 21.9. The Kier molecular flexibility index (Phi) is 5.32. The molecule has 1 saturated heterocycles. The molecule has 0 unspecified atom stereocenters. The molecule has 0 radical (unpaired) electrons. The first-order chi connectivity index (χ1) is 11.7. The minimum Gasteiger partial charge on any atom is -0.336 e. The Morgan fingerprint density at radius 2 is 2.21 bits per heavy atom. The summed E-state index contributed by atoms with van der Waals surface area (Å²) in [6.07, 6.45) is 6.79. The van der Waals surface area contributed by atoms with Gasteiger partial charge in [0.15, 0.2) is 0 Å². The largest absolute Gasteiger partial charge is 0.336 e. The number of amides is 1. The van der Waals surface area contributed by atoms with E-state index in [0.29, 0.717) is 0 Å². The van der Waals surface area contributed by atoms with Gasteiger partial charge in [-0.2, -0.15) is 5.26 Å². The molecule has 0 spiro atoms. The molecule has 24 heavy (non-hydrogen) atoms. The van der Waals surface area contributed by atoms with Crippen LogP contribution in [0, 0.1) is 11.3 Å². The predicted octanol–water partition coefficient (Wildman–Crippen LogP) is 3.09. The number of piperidine rings is 1. The molecule has 3 rings (SSSR count). The van der Waals surface area contributed by atoms with Gasteiger partial charge in [-0.1, -0.05) is 18.2 Å². The van der Waals surface area contributed by atoms with Gasteiger partial charge in [0, 0.05) is 33.1 Å². The lowest BCUT2D eigenvalue weighted by molar-refractivity contribution is -0.131. The summed E-state index contributed by atoms with van der Waals surface area (Å²) in [5, 5.41) is 9.05. The third-order valence-electron chi connectivity index (χ3n) is 5.06. The Labute approximate surface area is 144 Å². The first-order valence-electron chi connectivity index (χ1n) is 8.85. The van der Waals surface area contributed by atoms with Gasteiger partial charge < -0.3 is 4.90 Å². The van der Waals surface area contributed by atoms with E-state index in [1.807, 2.05) is 18.2 Å². The molecular weight excluding hydrogens is 298 g/mol. The molecule has 1 atom stereocenters. The zero-order valence-electron chi connectivity index (χ0n) is 14.4. The van der Waals surface area contributed by atoms with Crippen molar-refractivity contribution in [3.8, 4) is 6.07 Å². The van der Waals surface area contributed by atoms with Crippen molar-refractivity contribution in [2.24, 2.45) is 0 Å². The Hall–Kier alpha value is -2.12. The average Bonchev–Trinajstić information content (AvgIpc) is 2.62. The number of benzene rings is 1. The van der Waals surface area contributed by atoms with Gasteiger partial charge in [0.1, 0.15) is 0 Å². The van der Waals surface area contributed by atoms with Crippen LogP contribution in [-0.4, -0.2) is 41.4 Å². The molecule has 1 aromatic rings. The van der Waals surface area contributed by atoms with Crippen LogP contribution in [0.3, 0.4) is 0 Å². The second-order valence-corrected chi connectivity index (χ2v) is 6.81. The maximum absolute atomic E-state index is 11.9. The summed E-state index contributed by atoms with van der Waals surface area (Å²) in [6.45, 7) is 5.40. The number of likely N-dealkylation sites (tertiary alicyclic amines) is 1. The summed E-state index contributed by atoms with van der Waals surface area (Å²) in [5.74, 6) is 0.194. The third kappa shape index (κ3) is 3.85. The van der Waals surface area contributed by atoms with Gasteiger partial charge in [0.25, 0.3) is 0 Å². The molecule has 2 heterocycles. The Morgan fingerprint density at radius 1 is 1.33 bits per heavy atom. The molecule has 2 aliphatic heterocycles. The van der Waals surface area contributed by atoms with Crippen molar-refractivity contribution in [1.82, 2.24) is 9.80 Å². The van der Waals surface area contributed by atoms with E-state index >= 15 is 0 Å². The standard InChI is InChI=1S/C20H25N3O/c1-16(24)23-11-3-2-9-20(23)19-8-5-10-22(15-19)14-18-7-4-6-17(12-18)13-21/h4,6-8,12,20H,2-3,5,9-11,14-15H2,1H3/t20-/m0/s1. The fraction of sp³-hybridized carbons (Fsp3) is 0.500. The predicted molar refractivity (Wildman–Crippen MR) is 94.2 cm³/mol. The summed E-state index contributed by atoms with van der Waals surface area (Å²) in [5.41, 5.74) is 3.30. The molecule has 0 N–H and O–H groups in total. The van der Waals surface area contributed by atoms with E-state index in [2.05, 4.69) is 28.0 Å². The first-order valence-corrected chi connectivity index (χ1v) is 8.85. The van der Waals surface area contributed by atoms with Crippen molar-refractivity contribution in [3.05, 3.63) is 47.0 Å². The fourth-order valence-electron chi connectivity index (χ4n) is 3.90. The average molecular weight is 323 g/mol. The van der Waals surface area contributed by atoms with E-state index in [1.165, 1.54) is 17.6 Å². The number of carbonyl (C=O) groups excluding carboxylic acids is 1. The van der Waals surface area contributed by atoms with Gasteiger partial charge in [-0.3, -0.25) is 9.69 Å². The topological polar surface area (TPSA) is 47.3 Å². The summed E-state index contributed by atoms with van der Waals surface area (Å²) in [4.78, 5) is 16.4. The van der Waals surface area contributed by atoms with Crippen molar-refractivity contribution in [3.63, 3.8) is 0 Å². The van der Waals surface area contributed by atoms with Crippen LogP contribution < -0.4 is 0 Å². The molecule has 2 aliphatic rings. The van der Waals surface area contributed by atoms with Gasteiger partial charge in [-0.25, -0.2) is 0 Å². The van der Waals surface area contributed by atoms with Crippen molar-refractivity contribution < 1.29 is 4.79 Å². The molecule has 4 heteroatoms. The SMILES string of the molecule is CC(=O)N1CCCC[C@H]1C1=CCCN(Cc2cccc(C#N)c2)C1.